The molecule has 7 atom stereocenters. The van der Waals surface area contributed by atoms with E-state index in [0.717, 1.165) is 37.0 Å². The lowest BCUT2D eigenvalue weighted by molar-refractivity contribution is -0.147. The van der Waals surface area contributed by atoms with E-state index in [1.54, 1.807) is 0 Å². The monoisotopic (exact) mass is 331 g/mol. The fourth-order valence-electron chi connectivity index (χ4n) is 7.81. The van der Waals surface area contributed by atoms with E-state index in [1.807, 2.05) is 0 Å². The highest BCUT2D eigenvalue weighted by Crippen LogP contribution is 2.68. The van der Waals surface area contributed by atoms with Gasteiger partial charge in [-0.2, -0.15) is 0 Å². The Labute approximate surface area is 146 Å². The van der Waals surface area contributed by atoms with Crippen LogP contribution in [-0.4, -0.2) is 17.3 Å². The molecule has 4 saturated carbocycles. The molecule has 0 aliphatic heterocycles. The average molecular weight is 332 g/mol. The zero-order valence-electron chi connectivity index (χ0n) is 15.4. The second kappa shape index (κ2) is 5.64. The molecule has 4 rings (SSSR count). The molecule has 0 saturated heterocycles. The molecule has 0 spiro atoms. The maximum Gasteiger partial charge on any atom is 0.0760 e. The number of hydrogen-bond acceptors (Lipinski definition) is 2. The minimum absolute atomic E-state index is 0.0553. The van der Waals surface area contributed by atoms with Crippen LogP contribution in [0.25, 0.3) is 10.4 Å². The molecule has 4 nitrogen and oxygen atoms in total. The van der Waals surface area contributed by atoms with E-state index in [1.165, 1.54) is 44.9 Å². The van der Waals surface area contributed by atoms with E-state index in [4.69, 9.17) is 5.53 Å². The van der Waals surface area contributed by atoms with Crippen LogP contribution in [0.1, 0.15) is 78.1 Å². The Kier molecular flexibility index (Phi) is 3.93. The second-order valence-corrected chi connectivity index (χ2v) is 9.82. The maximum atomic E-state index is 11.3. The Hall–Kier alpha value is -0.730. The summed E-state index contributed by atoms with van der Waals surface area (Å²) < 4.78 is 0. The smallest absolute Gasteiger partial charge is 0.0760 e. The van der Waals surface area contributed by atoms with Crippen molar-refractivity contribution in [3.63, 3.8) is 0 Å². The van der Waals surface area contributed by atoms with Crippen molar-refractivity contribution < 1.29 is 5.11 Å². The van der Waals surface area contributed by atoms with Gasteiger partial charge in [-0.25, -0.2) is 0 Å². The van der Waals surface area contributed by atoms with E-state index in [0.29, 0.717) is 11.3 Å². The van der Waals surface area contributed by atoms with Gasteiger partial charge in [-0.05, 0) is 91.4 Å². The second-order valence-electron chi connectivity index (χ2n) is 9.82. The number of fused-ring (bicyclic) bond motifs is 5. The molecule has 0 amide bonds. The van der Waals surface area contributed by atoms with E-state index < -0.39 is 5.60 Å². The molecule has 0 unspecified atom stereocenters. The van der Waals surface area contributed by atoms with Crippen LogP contribution in [0.4, 0.5) is 0 Å². The number of rotatable bonds is 2. The van der Waals surface area contributed by atoms with Crippen LogP contribution in [0.3, 0.4) is 0 Å². The number of azide groups is 1. The first kappa shape index (κ1) is 16.7. The Bertz CT molecular complexity index is 559. The first-order valence-electron chi connectivity index (χ1n) is 10.2. The summed E-state index contributed by atoms with van der Waals surface area (Å²) in [5.41, 5.74) is 8.43. The van der Waals surface area contributed by atoms with Gasteiger partial charge >= 0.3 is 0 Å². The predicted molar refractivity (Wildman–Crippen MR) is 95.3 cm³/mol. The predicted octanol–water partition coefficient (Wildman–Crippen LogP) is 5.46. The van der Waals surface area contributed by atoms with Crippen LogP contribution < -0.4 is 0 Å². The molecule has 0 bridgehead atoms. The highest BCUT2D eigenvalue weighted by Gasteiger charge is 2.63. The quantitative estimate of drug-likeness (QED) is 0.407. The van der Waals surface area contributed by atoms with Crippen molar-refractivity contribution in [2.24, 2.45) is 39.6 Å². The number of aliphatic hydroxyl groups is 1. The third-order valence-corrected chi connectivity index (χ3v) is 9.30. The van der Waals surface area contributed by atoms with Crippen LogP contribution in [-0.2, 0) is 0 Å². The summed E-state index contributed by atoms with van der Waals surface area (Å²) in [6.45, 7) is 5.15. The SMILES string of the molecule is C[C@]12CCCC[C@H]1CC[C@@H]1[C@@H]2CC[C@@]2(C)[C@H]1CC[C@]2(O)CN=[N+]=[N-]. The van der Waals surface area contributed by atoms with Crippen molar-refractivity contribution in [3.8, 4) is 0 Å². The van der Waals surface area contributed by atoms with Gasteiger partial charge in [-0.3, -0.25) is 0 Å². The first-order valence-corrected chi connectivity index (χ1v) is 10.2. The summed E-state index contributed by atoms with van der Waals surface area (Å²) in [5.74, 6) is 3.20. The summed E-state index contributed by atoms with van der Waals surface area (Å²) >= 11 is 0. The average Bonchev–Trinajstić information content (AvgIpc) is 2.84. The van der Waals surface area contributed by atoms with Crippen molar-refractivity contribution in [1.29, 1.82) is 0 Å². The molecule has 24 heavy (non-hydrogen) atoms. The van der Waals surface area contributed by atoms with Gasteiger partial charge in [0.1, 0.15) is 0 Å². The summed E-state index contributed by atoms with van der Waals surface area (Å²) in [4.78, 5) is 2.92. The molecular formula is C20H33N3O. The fraction of sp³-hybridized carbons (Fsp3) is 1.00. The highest BCUT2D eigenvalue weighted by atomic mass is 16.3. The van der Waals surface area contributed by atoms with Crippen molar-refractivity contribution in [3.05, 3.63) is 10.4 Å². The minimum Gasteiger partial charge on any atom is -0.389 e. The lowest BCUT2D eigenvalue weighted by atomic mass is 9.44. The molecular weight excluding hydrogens is 298 g/mol. The summed E-state index contributed by atoms with van der Waals surface area (Å²) in [6, 6.07) is 0. The van der Waals surface area contributed by atoms with Gasteiger partial charge < -0.3 is 5.11 Å². The number of nitrogens with zero attached hydrogens (tertiary/aromatic N) is 3. The van der Waals surface area contributed by atoms with E-state index in [-0.39, 0.29) is 12.0 Å². The molecule has 4 aliphatic rings. The Morgan fingerprint density at radius 3 is 2.58 bits per heavy atom. The van der Waals surface area contributed by atoms with Gasteiger partial charge in [0.15, 0.2) is 0 Å². The van der Waals surface area contributed by atoms with Crippen LogP contribution in [0.2, 0.25) is 0 Å². The Morgan fingerprint density at radius 1 is 1.00 bits per heavy atom. The lowest BCUT2D eigenvalue weighted by Crippen LogP contribution is -2.56. The molecule has 0 radical (unpaired) electrons. The molecule has 4 aliphatic carbocycles. The molecule has 4 heteroatoms. The Morgan fingerprint density at radius 2 is 1.79 bits per heavy atom. The molecule has 0 aromatic carbocycles. The van der Waals surface area contributed by atoms with Gasteiger partial charge in [0.25, 0.3) is 0 Å². The standard InChI is InChI=1S/C20H33N3O/c1-18-10-4-3-5-14(18)6-7-15-16(18)8-11-19(2)17(15)9-12-20(19,24)13-22-23-21/h14-17,24H,3-13H2,1-2H3/t14-,15+,16-,17-,18-,19-,20-/m0/s1. The first-order chi connectivity index (χ1) is 11.4. The van der Waals surface area contributed by atoms with Crippen LogP contribution >= 0.6 is 0 Å². The van der Waals surface area contributed by atoms with E-state index in [9.17, 15) is 5.11 Å². The van der Waals surface area contributed by atoms with Crippen molar-refractivity contribution >= 4 is 0 Å². The van der Waals surface area contributed by atoms with Gasteiger partial charge in [0, 0.05) is 4.91 Å². The summed E-state index contributed by atoms with van der Waals surface area (Å²) in [7, 11) is 0. The molecule has 0 heterocycles. The molecule has 134 valence electrons. The number of hydrogen-bond donors (Lipinski definition) is 1. The van der Waals surface area contributed by atoms with E-state index in [2.05, 4.69) is 23.9 Å². The van der Waals surface area contributed by atoms with Gasteiger partial charge in [-0.1, -0.05) is 31.8 Å². The molecule has 0 aromatic heterocycles. The topological polar surface area (TPSA) is 69.0 Å². The van der Waals surface area contributed by atoms with Gasteiger partial charge in [0.2, 0.25) is 0 Å². The summed E-state index contributed by atoms with van der Waals surface area (Å²) in [5, 5.41) is 15.1. The molecule has 0 aromatic rings. The zero-order valence-corrected chi connectivity index (χ0v) is 15.4. The third kappa shape index (κ3) is 2.12. The van der Waals surface area contributed by atoms with Crippen LogP contribution in [0, 0.1) is 34.5 Å². The summed E-state index contributed by atoms with van der Waals surface area (Å²) in [6.07, 6.45) is 12.8. The van der Waals surface area contributed by atoms with Crippen LogP contribution in [0.5, 0.6) is 0 Å². The lowest BCUT2D eigenvalue weighted by Gasteiger charge is -2.61. The van der Waals surface area contributed by atoms with Crippen molar-refractivity contribution in [2.75, 3.05) is 6.54 Å². The Balaban J connectivity index is 1.62. The fourth-order valence-corrected chi connectivity index (χ4v) is 7.81. The minimum atomic E-state index is -0.779. The van der Waals surface area contributed by atoms with Crippen LogP contribution in [0.15, 0.2) is 5.11 Å². The van der Waals surface area contributed by atoms with Crippen molar-refractivity contribution in [1.82, 2.24) is 0 Å². The van der Waals surface area contributed by atoms with Crippen molar-refractivity contribution in [2.45, 2.75) is 83.7 Å². The van der Waals surface area contributed by atoms with Gasteiger partial charge in [0.05, 0.1) is 12.1 Å². The maximum absolute atomic E-state index is 11.3. The normalized spacial score (nSPS) is 53.5. The largest absolute Gasteiger partial charge is 0.389 e. The van der Waals surface area contributed by atoms with E-state index >= 15 is 0 Å². The van der Waals surface area contributed by atoms with Gasteiger partial charge in [-0.15, -0.1) is 0 Å². The third-order valence-electron chi connectivity index (χ3n) is 9.30. The zero-order chi connectivity index (χ0) is 17.0. The molecule has 4 fully saturated rings. The molecule has 1 N–H and O–H groups in total. The highest BCUT2D eigenvalue weighted by molar-refractivity contribution is 5.14.